The number of pyridine rings is 1. The Morgan fingerprint density at radius 1 is 1.22 bits per heavy atom. The Morgan fingerprint density at radius 2 is 1.93 bits per heavy atom. The molecule has 0 spiro atoms. The number of amides is 1. The third-order valence-electron chi connectivity index (χ3n) is 4.23. The SMILES string of the molecule is CC1(C)C(=O)N(c2ccc(C#N)c(C(F)(F)F)c2)C(=S)N1c1ccccn1. The summed E-state index contributed by atoms with van der Waals surface area (Å²) in [6.45, 7) is 3.23. The van der Waals surface area contributed by atoms with Crippen molar-refractivity contribution >= 4 is 34.7 Å². The Balaban J connectivity index is 2.12. The van der Waals surface area contributed by atoms with Crippen LogP contribution in [0, 0.1) is 11.3 Å². The number of nitrogens with zero attached hydrogens (tertiary/aromatic N) is 4. The summed E-state index contributed by atoms with van der Waals surface area (Å²) in [5.74, 6) is -0.0796. The van der Waals surface area contributed by atoms with Gasteiger partial charge in [-0.25, -0.2) is 4.98 Å². The largest absolute Gasteiger partial charge is 0.417 e. The number of alkyl halides is 3. The fraction of sp³-hybridized carbons (Fsp3) is 0.222. The van der Waals surface area contributed by atoms with Gasteiger partial charge in [-0.05, 0) is 56.4 Å². The number of carbonyl (C=O) groups is 1. The third-order valence-corrected chi connectivity index (χ3v) is 4.60. The second-order valence-corrected chi connectivity index (χ2v) is 6.71. The molecule has 1 amide bonds. The van der Waals surface area contributed by atoms with Crippen LogP contribution in [0.5, 0.6) is 0 Å². The molecular formula is C18H13F3N4OS. The van der Waals surface area contributed by atoms with Gasteiger partial charge in [0.05, 0.1) is 22.9 Å². The molecule has 2 aromatic rings. The molecule has 2 heterocycles. The lowest BCUT2D eigenvalue weighted by Crippen LogP contribution is -2.44. The lowest BCUT2D eigenvalue weighted by Gasteiger charge is -2.28. The zero-order valence-electron chi connectivity index (χ0n) is 14.3. The van der Waals surface area contributed by atoms with Gasteiger partial charge in [0.25, 0.3) is 5.91 Å². The van der Waals surface area contributed by atoms with Gasteiger partial charge in [0, 0.05) is 6.20 Å². The van der Waals surface area contributed by atoms with Gasteiger partial charge in [0.15, 0.2) is 5.11 Å². The highest BCUT2D eigenvalue weighted by Crippen LogP contribution is 2.39. The maximum absolute atomic E-state index is 13.3. The van der Waals surface area contributed by atoms with Gasteiger partial charge in [-0.3, -0.25) is 14.6 Å². The number of aromatic nitrogens is 1. The van der Waals surface area contributed by atoms with Crippen molar-refractivity contribution in [1.29, 1.82) is 5.26 Å². The lowest BCUT2D eigenvalue weighted by molar-refractivity contribution is -0.137. The van der Waals surface area contributed by atoms with Crippen LogP contribution in [0.4, 0.5) is 24.7 Å². The van der Waals surface area contributed by atoms with E-state index in [1.807, 2.05) is 0 Å². The first-order valence-corrected chi connectivity index (χ1v) is 8.21. The van der Waals surface area contributed by atoms with E-state index in [1.54, 1.807) is 32.0 Å². The predicted octanol–water partition coefficient (Wildman–Crippen LogP) is 3.89. The number of halogens is 3. The highest BCUT2D eigenvalue weighted by Gasteiger charge is 2.51. The fourth-order valence-electron chi connectivity index (χ4n) is 2.90. The average molecular weight is 390 g/mol. The summed E-state index contributed by atoms with van der Waals surface area (Å²) in [5, 5.41) is 8.96. The van der Waals surface area contributed by atoms with E-state index in [1.165, 1.54) is 23.2 Å². The van der Waals surface area contributed by atoms with Crippen LogP contribution in [0.1, 0.15) is 25.0 Å². The van der Waals surface area contributed by atoms with Crippen molar-refractivity contribution in [3.05, 3.63) is 53.7 Å². The standard InChI is InChI=1S/C18H13F3N4OS/c1-17(2)15(26)24(16(27)25(17)14-5-3-4-8-23-14)12-7-6-11(10-22)13(9-12)18(19,20)21/h3-9H,1-2H3. The molecular weight excluding hydrogens is 377 g/mol. The molecule has 5 nitrogen and oxygen atoms in total. The Labute approximate surface area is 158 Å². The normalized spacial score (nSPS) is 16.6. The smallest absolute Gasteiger partial charge is 0.288 e. The number of anilines is 2. The van der Waals surface area contributed by atoms with E-state index in [9.17, 15) is 18.0 Å². The van der Waals surface area contributed by atoms with E-state index >= 15 is 0 Å². The van der Waals surface area contributed by atoms with Gasteiger partial charge in [0.2, 0.25) is 0 Å². The molecule has 1 fully saturated rings. The van der Waals surface area contributed by atoms with Gasteiger partial charge >= 0.3 is 6.18 Å². The molecule has 0 saturated carbocycles. The van der Waals surface area contributed by atoms with Crippen LogP contribution in [0.3, 0.4) is 0 Å². The highest BCUT2D eigenvalue weighted by atomic mass is 32.1. The van der Waals surface area contributed by atoms with Crippen molar-refractivity contribution in [3.63, 3.8) is 0 Å². The number of thiocarbonyl (C=S) groups is 1. The summed E-state index contributed by atoms with van der Waals surface area (Å²) in [6.07, 6.45) is -3.20. The second kappa shape index (κ2) is 6.32. The highest BCUT2D eigenvalue weighted by molar-refractivity contribution is 7.81. The first kappa shape index (κ1) is 18.8. The first-order chi connectivity index (χ1) is 12.6. The Morgan fingerprint density at radius 3 is 2.48 bits per heavy atom. The van der Waals surface area contributed by atoms with E-state index in [4.69, 9.17) is 17.5 Å². The monoisotopic (exact) mass is 390 g/mol. The Kier molecular flexibility index (Phi) is 4.40. The second-order valence-electron chi connectivity index (χ2n) is 6.34. The van der Waals surface area contributed by atoms with Crippen molar-refractivity contribution in [2.24, 2.45) is 0 Å². The number of nitriles is 1. The van der Waals surface area contributed by atoms with E-state index in [2.05, 4.69) is 4.98 Å². The molecule has 138 valence electrons. The van der Waals surface area contributed by atoms with Crippen molar-refractivity contribution in [1.82, 2.24) is 4.98 Å². The van der Waals surface area contributed by atoms with Crippen molar-refractivity contribution in [2.75, 3.05) is 9.80 Å². The topological polar surface area (TPSA) is 60.2 Å². The molecule has 0 unspecified atom stereocenters. The number of benzene rings is 1. The van der Waals surface area contributed by atoms with E-state index in [-0.39, 0.29) is 10.8 Å². The third kappa shape index (κ3) is 3.02. The molecule has 1 aromatic carbocycles. The minimum Gasteiger partial charge on any atom is -0.288 e. The maximum Gasteiger partial charge on any atom is 0.417 e. The fourth-order valence-corrected chi connectivity index (χ4v) is 3.41. The van der Waals surface area contributed by atoms with Crippen LogP contribution < -0.4 is 9.80 Å². The Bertz CT molecular complexity index is 967. The van der Waals surface area contributed by atoms with Gasteiger partial charge in [0.1, 0.15) is 11.4 Å². The van der Waals surface area contributed by atoms with E-state index in [0.29, 0.717) is 5.82 Å². The van der Waals surface area contributed by atoms with Crippen LogP contribution in [0.15, 0.2) is 42.6 Å². The van der Waals surface area contributed by atoms with E-state index < -0.39 is 28.7 Å². The molecule has 27 heavy (non-hydrogen) atoms. The minimum atomic E-state index is -4.73. The Hall–Kier alpha value is -2.99. The number of hydrogen-bond donors (Lipinski definition) is 0. The van der Waals surface area contributed by atoms with Crippen molar-refractivity contribution in [3.8, 4) is 6.07 Å². The molecule has 0 atom stereocenters. The van der Waals surface area contributed by atoms with Crippen molar-refractivity contribution < 1.29 is 18.0 Å². The zero-order valence-corrected chi connectivity index (χ0v) is 15.1. The molecule has 1 aliphatic rings. The molecule has 0 aliphatic carbocycles. The number of hydrogen-bond acceptors (Lipinski definition) is 4. The molecule has 0 bridgehead atoms. The van der Waals surface area contributed by atoms with Crippen LogP contribution in [0.2, 0.25) is 0 Å². The summed E-state index contributed by atoms with van der Waals surface area (Å²) >= 11 is 5.39. The van der Waals surface area contributed by atoms with Crippen LogP contribution in [-0.4, -0.2) is 21.5 Å². The maximum atomic E-state index is 13.3. The summed E-state index contributed by atoms with van der Waals surface area (Å²) < 4.78 is 39.8. The molecule has 0 N–H and O–H groups in total. The summed E-state index contributed by atoms with van der Waals surface area (Å²) in [7, 11) is 0. The van der Waals surface area contributed by atoms with Gasteiger partial charge < -0.3 is 0 Å². The van der Waals surface area contributed by atoms with Crippen LogP contribution in [-0.2, 0) is 11.0 Å². The minimum absolute atomic E-state index is 0.0153. The number of rotatable bonds is 2. The molecule has 1 aliphatic heterocycles. The lowest BCUT2D eigenvalue weighted by atomic mass is 10.0. The molecule has 1 saturated heterocycles. The first-order valence-electron chi connectivity index (χ1n) is 7.80. The van der Waals surface area contributed by atoms with Crippen molar-refractivity contribution in [2.45, 2.75) is 25.6 Å². The van der Waals surface area contributed by atoms with E-state index in [0.717, 1.165) is 17.0 Å². The summed E-state index contributed by atoms with van der Waals surface area (Å²) in [4.78, 5) is 19.7. The summed E-state index contributed by atoms with van der Waals surface area (Å²) in [6, 6.07) is 9.66. The average Bonchev–Trinajstić information content (AvgIpc) is 2.79. The molecule has 9 heteroatoms. The number of carbonyl (C=O) groups excluding carboxylic acids is 1. The molecule has 3 rings (SSSR count). The molecule has 0 radical (unpaired) electrons. The zero-order chi connectivity index (χ0) is 20.0. The molecule has 1 aromatic heterocycles. The van der Waals surface area contributed by atoms with Gasteiger partial charge in [-0.2, -0.15) is 18.4 Å². The van der Waals surface area contributed by atoms with Gasteiger partial charge in [-0.15, -0.1) is 0 Å². The van der Waals surface area contributed by atoms with Crippen LogP contribution in [0.25, 0.3) is 0 Å². The van der Waals surface area contributed by atoms with Crippen LogP contribution >= 0.6 is 12.2 Å². The predicted molar refractivity (Wildman–Crippen MR) is 97.0 cm³/mol. The summed E-state index contributed by atoms with van der Waals surface area (Å²) in [5.41, 5.74) is -2.84. The quantitative estimate of drug-likeness (QED) is 0.728. The van der Waals surface area contributed by atoms with Gasteiger partial charge in [-0.1, -0.05) is 6.07 Å².